The topological polar surface area (TPSA) is 76.4 Å². The highest BCUT2D eigenvalue weighted by Crippen LogP contribution is 2.23. The molecule has 1 atom stereocenters. The van der Waals surface area contributed by atoms with Crippen LogP contribution in [0.15, 0.2) is 36.8 Å². The van der Waals surface area contributed by atoms with Crippen molar-refractivity contribution in [2.45, 2.75) is 39.3 Å². The predicted molar refractivity (Wildman–Crippen MR) is 104 cm³/mol. The SMILES string of the molecule is CC.FC(F)Oc1ccn2c(-c3ccnc(NC4CCCNC4)n3)cnc2c1. The molecule has 1 aliphatic heterocycles. The molecular formula is C19H24F2N6O. The number of halogens is 2. The first-order valence-corrected chi connectivity index (χ1v) is 9.41. The molecule has 3 aromatic heterocycles. The molecule has 0 aromatic carbocycles. The number of hydrogen-bond donors (Lipinski definition) is 2. The number of anilines is 1. The third-order valence-electron chi connectivity index (χ3n) is 4.26. The van der Waals surface area contributed by atoms with Crippen molar-refractivity contribution in [1.29, 1.82) is 0 Å². The van der Waals surface area contributed by atoms with Crippen molar-refractivity contribution in [1.82, 2.24) is 24.7 Å². The first-order chi connectivity index (χ1) is 13.7. The molecule has 4 heterocycles. The van der Waals surface area contributed by atoms with Gasteiger partial charge in [-0.15, -0.1) is 0 Å². The highest BCUT2D eigenvalue weighted by molar-refractivity contribution is 5.61. The van der Waals surface area contributed by atoms with Crippen LogP contribution in [0.2, 0.25) is 0 Å². The lowest BCUT2D eigenvalue weighted by molar-refractivity contribution is -0.0498. The van der Waals surface area contributed by atoms with Crippen molar-refractivity contribution < 1.29 is 13.5 Å². The monoisotopic (exact) mass is 390 g/mol. The van der Waals surface area contributed by atoms with Crippen molar-refractivity contribution in [3.63, 3.8) is 0 Å². The predicted octanol–water partition coefficient (Wildman–Crippen LogP) is 3.58. The molecule has 9 heteroatoms. The number of pyridine rings is 1. The molecule has 1 aliphatic rings. The fourth-order valence-corrected chi connectivity index (χ4v) is 3.06. The van der Waals surface area contributed by atoms with E-state index in [1.54, 1.807) is 29.1 Å². The minimum atomic E-state index is -2.86. The number of nitrogens with one attached hydrogen (secondary N) is 2. The number of rotatable bonds is 5. The van der Waals surface area contributed by atoms with E-state index >= 15 is 0 Å². The minimum Gasteiger partial charge on any atom is -0.435 e. The van der Waals surface area contributed by atoms with Gasteiger partial charge >= 0.3 is 6.61 Å². The first kappa shape index (κ1) is 19.9. The van der Waals surface area contributed by atoms with Crippen molar-refractivity contribution in [2.75, 3.05) is 18.4 Å². The Balaban J connectivity index is 0.00000109. The zero-order chi connectivity index (χ0) is 19.9. The molecule has 0 saturated carbocycles. The molecule has 4 rings (SSSR count). The Morgan fingerprint density at radius 3 is 2.89 bits per heavy atom. The lowest BCUT2D eigenvalue weighted by Gasteiger charge is -2.23. The Hall–Kier alpha value is -2.81. The number of nitrogens with zero attached hydrogens (tertiary/aromatic N) is 4. The third-order valence-corrected chi connectivity index (χ3v) is 4.26. The average molecular weight is 390 g/mol. The maximum absolute atomic E-state index is 12.3. The molecule has 28 heavy (non-hydrogen) atoms. The second kappa shape index (κ2) is 9.41. The van der Waals surface area contributed by atoms with E-state index in [0.717, 1.165) is 31.6 Å². The van der Waals surface area contributed by atoms with Crippen LogP contribution in [0.1, 0.15) is 26.7 Å². The first-order valence-electron chi connectivity index (χ1n) is 9.41. The maximum Gasteiger partial charge on any atom is 0.387 e. The maximum atomic E-state index is 12.3. The number of alkyl halides is 2. The quantitative estimate of drug-likeness (QED) is 0.694. The fraction of sp³-hybridized carbons (Fsp3) is 0.421. The van der Waals surface area contributed by atoms with E-state index < -0.39 is 6.61 Å². The minimum absolute atomic E-state index is 0.0690. The van der Waals surface area contributed by atoms with Gasteiger partial charge in [0.15, 0.2) is 0 Å². The van der Waals surface area contributed by atoms with E-state index in [2.05, 4.69) is 30.3 Å². The van der Waals surface area contributed by atoms with Crippen LogP contribution in [0.5, 0.6) is 5.75 Å². The molecule has 0 bridgehead atoms. The van der Waals surface area contributed by atoms with Gasteiger partial charge in [-0.3, -0.25) is 4.40 Å². The number of hydrogen-bond acceptors (Lipinski definition) is 6. The molecule has 3 aromatic rings. The van der Waals surface area contributed by atoms with Gasteiger partial charge in [0.25, 0.3) is 0 Å². The number of ether oxygens (including phenoxy) is 1. The Bertz CT molecular complexity index is 895. The summed E-state index contributed by atoms with van der Waals surface area (Å²) in [4.78, 5) is 13.1. The highest BCUT2D eigenvalue weighted by atomic mass is 19.3. The van der Waals surface area contributed by atoms with Crippen LogP contribution in [0.4, 0.5) is 14.7 Å². The van der Waals surface area contributed by atoms with E-state index in [0.29, 0.717) is 23.3 Å². The molecule has 150 valence electrons. The van der Waals surface area contributed by atoms with Crippen LogP contribution < -0.4 is 15.4 Å². The molecule has 0 spiro atoms. The lowest BCUT2D eigenvalue weighted by Crippen LogP contribution is -2.38. The van der Waals surface area contributed by atoms with Crippen molar-refractivity contribution in [2.24, 2.45) is 0 Å². The van der Waals surface area contributed by atoms with Gasteiger partial charge in [-0.25, -0.2) is 15.0 Å². The van der Waals surface area contributed by atoms with Crippen molar-refractivity contribution >= 4 is 11.6 Å². The summed E-state index contributed by atoms with van der Waals surface area (Å²) in [7, 11) is 0. The van der Waals surface area contributed by atoms with Crippen LogP contribution in [0, 0.1) is 0 Å². The van der Waals surface area contributed by atoms with Crippen molar-refractivity contribution in [3.05, 3.63) is 36.8 Å². The molecule has 1 fully saturated rings. The summed E-state index contributed by atoms with van der Waals surface area (Å²) in [5, 5.41) is 6.69. The Morgan fingerprint density at radius 1 is 1.29 bits per heavy atom. The van der Waals surface area contributed by atoms with Gasteiger partial charge in [0.2, 0.25) is 5.95 Å². The van der Waals surface area contributed by atoms with E-state index in [1.165, 1.54) is 12.1 Å². The molecule has 0 aliphatic carbocycles. The zero-order valence-corrected chi connectivity index (χ0v) is 15.9. The second-order valence-electron chi connectivity index (χ2n) is 6.07. The molecule has 1 saturated heterocycles. The van der Waals surface area contributed by atoms with Crippen LogP contribution in [0.3, 0.4) is 0 Å². The van der Waals surface area contributed by atoms with Crippen LogP contribution in [0.25, 0.3) is 17.0 Å². The normalized spacial score (nSPS) is 16.5. The largest absolute Gasteiger partial charge is 0.435 e. The second-order valence-corrected chi connectivity index (χ2v) is 6.07. The molecular weight excluding hydrogens is 366 g/mol. The summed E-state index contributed by atoms with van der Waals surface area (Å²) in [6.07, 6.45) is 7.16. The van der Waals surface area contributed by atoms with Gasteiger partial charge in [-0.1, -0.05) is 13.8 Å². The third kappa shape index (κ3) is 4.72. The van der Waals surface area contributed by atoms with E-state index in [9.17, 15) is 8.78 Å². The van der Waals surface area contributed by atoms with Gasteiger partial charge in [-0.2, -0.15) is 8.78 Å². The van der Waals surface area contributed by atoms with Gasteiger partial charge in [0.1, 0.15) is 11.4 Å². The highest BCUT2D eigenvalue weighted by Gasteiger charge is 2.15. The Labute approximate surface area is 162 Å². The molecule has 1 unspecified atom stereocenters. The summed E-state index contributed by atoms with van der Waals surface area (Å²) in [5.41, 5.74) is 1.94. The standard InChI is InChI=1S/C17H18F2N6O.C2H6/c18-16(19)26-12-4-7-25-14(10-22-15(25)8-12)13-3-6-21-17(24-13)23-11-2-1-5-20-9-11;1-2/h3-4,6-8,10-11,16,20H,1-2,5,9H2,(H,21,23,24);1-2H3. The molecule has 0 amide bonds. The summed E-state index contributed by atoms with van der Waals surface area (Å²) < 4.78 is 30.9. The molecule has 7 nitrogen and oxygen atoms in total. The number of fused-ring (bicyclic) bond motifs is 1. The van der Waals surface area contributed by atoms with Crippen molar-refractivity contribution in [3.8, 4) is 17.1 Å². The average Bonchev–Trinajstić information content (AvgIpc) is 3.13. The molecule has 0 radical (unpaired) electrons. The van der Waals surface area contributed by atoms with Crippen LogP contribution in [-0.2, 0) is 0 Å². The van der Waals surface area contributed by atoms with E-state index in [1.807, 2.05) is 13.8 Å². The van der Waals surface area contributed by atoms with E-state index in [-0.39, 0.29) is 5.75 Å². The Kier molecular flexibility index (Phi) is 6.70. The number of aromatic nitrogens is 4. The van der Waals surface area contributed by atoms with Crippen LogP contribution >= 0.6 is 0 Å². The van der Waals surface area contributed by atoms with Gasteiger partial charge in [0, 0.05) is 31.0 Å². The van der Waals surface area contributed by atoms with Crippen LogP contribution in [-0.4, -0.2) is 45.1 Å². The Morgan fingerprint density at radius 2 is 2.14 bits per heavy atom. The number of imidazole rings is 1. The van der Waals surface area contributed by atoms with Gasteiger partial charge in [-0.05, 0) is 31.5 Å². The smallest absolute Gasteiger partial charge is 0.387 e. The summed E-state index contributed by atoms with van der Waals surface area (Å²) in [5.74, 6) is 0.628. The molecule has 2 N–H and O–H groups in total. The summed E-state index contributed by atoms with van der Waals surface area (Å²) in [6, 6.07) is 5.02. The van der Waals surface area contributed by atoms with Gasteiger partial charge in [0.05, 0.1) is 17.6 Å². The van der Waals surface area contributed by atoms with Gasteiger partial charge < -0.3 is 15.4 Å². The van der Waals surface area contributed by atoms with E-state index in [4.69, 9.17) is 0 Å². The summed E-state index contributed by atoms with van der Waals surface area (Å²) in [6.45, 7) is 3.06. The summed E-state index contributed by atoms with van der Waals surface area (Å²) >= 11 is 0. The number of piperidine rings is 1. The lowest BCUT2D eigenvalue weighted by atomic mass is 10.1. The zero-order valence-electron chi connectivity index (χ0n) is 15.9. The fourth-order valence-electron chi connectivity index (χ4n) is 3.06.